The molecule has 4 nitrogen and oxygen atoms in total. The van der Waals surface area contributed by atoms with Crippen LogP contribution in [0.4, 0.5) is 5.69 Å². The summed E-state index contributed by atoms with van der Waals surface area (Å²) in [5, 5.41) is 7.59. The van der Waals surface area contributed by atoms with E-state index < -0.39 is 0 Å². The molecule has 0 aliphatic carbocycles. The van der Waals surface area contributed by atoms with E-state index in [4.69, 9.17) is 0 Å². The number of anilines is 1. The van der Waals surface area contributed by atoms with Crippen molar-refractivity contribution in [1.29, 1.82) is 0 Å². The summed E-state index contributed by atoms with van der Waals surface area (Å²) in [5.74, 6) is 0.525. The monoisotopic (exact) mass is 413 g/mol. The number of nitrogens with zero attached hydrogens (tertiary/aromatic N) is 1. The maximum Gasteiger partial charge on any atom is 0.255 e. The van der Waals surface area contributed by atoms with Crippen molar-refractivity contribution in [2.45, 2.75) is 20.4 Å². The van der Waals surface area contributed by atoms with Crippen LogP contribution in [0.15, 0.2) is 53.0 Å². The smallest absolute Gasteiger partial charge is 0.255 e. The van der Waals surface area contributed by atoms with E-state index in [0.29, 0.717) is 11.5 Å². The molecule has 5 heteroatoms. The minimum Gasteiger partial charge on any atom is -0.346 e. The first kappa shape index (κ1) is 18.7. The van der Waals surface area contributed by atoms with Crippen LogP contribution in [0.2, 0.25) is 0 Å². The number of carbonyl (C=O) groups excluding carboxylic acids is 1. The van der Waals surface area contributed by atoms with Gasteiger partial charge in [-0.25, -0.2) is 0 Å². The lowest BCUT2D eigenvalue weighted by atomic mass is 10.2. The second-order valence-electron chi connectivity index (χ2n) is 6.95. The quantitative estimate of drug-likeness (QED) is 0.600. The summed E-state index contributed by atoms with van der Waals surface area (Å²) < 4.78 is 3.15. The zero-order chi connectivity index (χ0) is 18.7. The molecule has 0 fully saturated rings. The van der Waals surface area contributed by atoms with Crippen LogP contribution >= 0.6 is 15.9 Å². The standard InChI is InChI=1S/C21H24BrN3O/c1-14(2)12-23-13-19-11-16-10-18(8-9-20(16)25(19)3)24-21(26)15-4-6-17(22)7-5-15/h4-11,14,23H,12-13H2,1-3H3,(H,24,26). The van der Waals surface area contributed by atoms with Gasteiger partial charge in [-0.05, 0) is 61.0 Å². The van der Waals surface area contributed by atoms with Crippen LogP contribution in [-0.2, 0) is 13.6 Å². The fraction of sp³-hybridized carbons (Fsp3) is 0.286. The van der Waals surface area contributed by atoms with Crippen LogP contribution < -0.4 is 10.6 Å². The van der Waals surface area contributed by atoms with Gasteiger partial charge in [0.2, 0.25) is 0 Å². The van der Waals surface area contributed by atoms with E-state index in [2.05, 4.69) is 64.2 Å². The van der Waals surface area contributed by atoms with E-state index in [9.17, 15) is 4.79 Å². The molecule has 0 saturated heterocycles. The number of halogens is 1. The first-order chi connectivity index (χ1) is 12.4. The molecular formula is C21H24BrN3O. The van der Waals surface area contributed by atoms with Gasteiger partial charge in [-0.3, -0.25) is 4.79 Å². The number of fused-ring (bicyclic) bond motifs is 1. The zero-order valence-corrected chi connectivity index (χ0v) is 16.9. The Hall–Kier alpha value is -2.11. The molecule has 0 spiro atoms. The molecule has 0 aliphatic rings. The summed E-state index contributed by atoms with van der Waals surface area (Å²) in [5.41, 5.74) is 3.84. The number of amides is 1. The van der Waals surface area contributed by atoms with Crippen LogP contribution in [0.25, 0.3) is 10.9 Å². The van der Waals surface area contributed by atoms with Crippen LogP contribution in [-0.4, -0.2) is 17.0 Å². The maximum atomic E-state index is 12.4. The van der Waals surface area contributed by atoms with Crippen molar-refractivity contribution in [3.8, 4) is 0 Å². The molecule has 0 saturated carbocycles. The largest absolute Gasteiger partial charge is 0.346 e. The number of hydrogen-bond acceptors (Lipinski definition) is 2. The van der Waals surface area contributed by atoms with Gasteiger partial charge in [0.1, 0.15) is 0 Å². The van der Waals surface area contributed by atoms with Gasteiger partial charge in [0.05, 0.1) is 0 Å². The molecule has 0 bridgehead atoms. The highest BCUT2D eigenvalue weighted by Crippen LogP contribution is 2.23. The Balaban J connectivity index is 1.76. The van der Waals surface area contributed by atoms with E-state index >= 15 is 0 Å². The summed E-state index contributed by atoms with van der Waals surface area (Å²) in [6.45, 7) is 6.24. The normalized spacial score (nSPS) is 11.3. The fourth-order valence-electron chi connectivity index (χ4n) is 2.95. The molecule has 1 heterocycles. The van der Waals surface area contributed by atoms with E-state index in [0.717, 1.165) is 34.2 Å². The van der Waals surface area contributed by atoms with Crippen molar-refractivity contribution in [3.63, 3.8) is 0 Å². The lowest BCUT2D eigenvalue weighted by Gasteiger charge is -2.08. The minimum absolute atomic E-state index is 0.105. The van der Waals surface area contributed by atoms with Crippen molar-refractivity contribution >= 4 is 38.4 Å². The SMILES string of the molecule is CC(C)CNCc1cc2cc(NC(=O)c3ccc(Br)cc3)ccc2n1C. The highest BCUT2D eigenvalue weighted by Gasteiger charge is 2.09. The highest BCUT2D eigenvalue weighted by atomic mass is 79.9. The average Bonchev–Trinajstić information content (AvgIpc) is 2.90. The zero-order valence-electron chi connectivity index (χ0n) is 15.3. The summed E-state index contributed by atoms with van der Waals surface area (Å²) in [4.78, 5) is 12.4. The molecule has 0 aliphatic heterocycles. The number of hydrogen-bond donors (Lipinski definition) is 2. The predicted octanol–water partition coefficient (Wildman–Crippen LogP) is 4.94. The molecule has 0 unspecified atom stereocenters. The molecule has 2 N–H and O–H groups in total. The van der Waals surface area contributed by atoms with E-state index in [1.54, 1.807) is 12.1 Å². The van der Waals surface area contributed by atoms with Gasteiger partial charge in [0, 0.05) is 45.9 Å². The number of carbonyl (C=O) groups is 1. The van der Waals surface area contributed by atoms with Gasteiger partial charge in [0.15, 0.2) is 0 Å². The Morgan fingerprint density at radius 3 is 2.54 bits per heavy atom. The third-order valence-electron chi connectivity index (χ3n) is 4.36. The molecule has 3 rings (SSSR count). The molecule has 2 aromatic carbocycles. The third-order valence-corrected chi connectivity index (χ3v) is 4.89. The van der Waals surface area contributed by atoms with Crippen LogP contribution in [0.3, 0.4) is 0 Å². The van der Waals surface area contributed by atoms with E-state index in [1.165, 1.54) is 5.69 Å². The van der Waals surface area contributed by atoms with Gasteiger partial charge in [-0.1, -0.05) is 29.8 Å². The lowest BCUT2D eigenvalue weighted by Crippen LogP contribution is -2.20. The van der Waals surface area contributed by atoms with Crippen molar-refractivity contribution in [2.75, 3.05) is 11.9 Å². The van der Waals surface area contributed by atoms with E-state index in [-0.39, 0.29) is 5.91 Å². The maximum absolute atomic E-state index is 12.4. The lowest BCUT2D eigenvalue weighted by molar-refractivity contribution is 0.102. The topological polar surface area (TPSA) is 46.1 Å². The third kappa shape index (κ3) is 4.34. The first-order valence-corrected chi connectivity index (χ1v) is 9.59. The van der Waals surface area contributed by atoms with Gasteiger partial charge >= 0.3 is 0 Å². The number of nitrogens with one attached hydrogen (secondary N) is 2. The molecule has 1 aromatic heterocycles. The Morgan fingerprint density at radius 2 is 1.85 bits per heavy atom. The number of aryl methyl sites for hydroxylation is 1. The molecule has 3 aromatic rings. The van der Waals surface area contributed by atoms with Crippen molar-refractivity contribution in [3.05, 3.63) is 64.3 Å². The van der Waals surface area contributed by atoms with Crippen LogP contribution in [0.5, 0.6) is 0 Å². The first-order valence-electron chi connectivity index (χ1n) is 8.80. The molecule has 26 heavy (non-hydrogen) atoms. The average molecular weight is 414 g/mol. The second-order valence-corrected chi connectivity index (χ2v) is 7.87. The number of benzene rings is 2. The second kappa shape index (κ2) is 8.06. The van der Waals surface area contributed by atoms with Crippen LogP contribution in [0.1, 0.15) is 29.9 Å². The number of aromatic nitrogens is 1. The molecule has 0 atom stereocenters. The Bertz CT molecular complexity index is 913. The predicted molar refractivity (Wildman–Crippen MR) is 112 cm³/mol. The Morgan fingerprint density at radius 1 is 1.12 bits per heavy atom. The Kier molecular flexibility index (Phi) is 5.79. The van der Waals surface area contributed by atoms with E-state index in [1.807, 2.05) is 24.3 Å². The molecule has 1 amide bonds. The van der Waals surface area contributed by atoms with Gasteiger partial charge < -0.3 is 15.2 Å². The molecule has 136 valence electrons. The van der Waals surface area contributed by atoms with Crippen LogP contribution in [0, 0.1) is 5.92 Å². The van der Waals surface area contributed by atoms with Crippen molar-refractivity contribution in [2.24, 2.45) is 13.0 Å². The Labute approximate surface area is 162 Å². The summed E-state index contributed by atoms with van der Waals surface area (Å²) in [7, 11) is 2.08. The fourth-order valence-corrected chi connectivity index (χ4v) is 3.21. The van der Waals surface area contributed by atoms with Gasteiger partial charge in [0.25, 0.3) is 5.91 Å². The summed E-state index contributed by atoms with van der Waals surface area (Å²) in [6, 6.07) is 15.5. The minimum atomic E-state index is -0.105. The molecular weight excluding hydrogens is 390 g/mol. The van der Waals surface area contributed by atoms with Gasteiger partial charge in [-0.15, -0.1) is 0 Å². The highest BCUT2D eigenvalue weighted by molar-refractivity contribution is 9.10. The molecule has 0 radical (unpaired) electrons. The number of rotatable bonds is 6. The summed E-state index contributed by atoms with van der Waals surface area (Å²) >= 11 is 3.38. The summed E-state index contributed by atoms with van der Waals surface area (Å²) in [6.07, 6.45) is 0. The van der Waals surface area contributed by atoms with Gasteiger partial charge in [-0.2, -0.15) is 0 Å². The van der Waals surface area contributed by atoms with Crippen molar-refractivity contribution in [1.82, 2.24) is 9.88 Å². The van der Waals surface area contributed by atoms with Crippen molar-refractivity contribution < 1.29 is 4.79 Å².